The second kappa shape index (κ2) is 7.28. The number of hydrogen-bond donors (Lipinski definition) is 0. The molecule has 0 aliphatic carbocycles. The van der Waals surface area contributed by atoms with Crippen LogP contribution in [0.15, 0.2) is 28.7 Å². The summed E-state index contributed by atoms with van der Waals surface area (Å²) in [6.07, 6.45) is 5.89. The summed E-state index contributed by atoms with van der Waals surface area (Å²) in [6.45, 7) is 2.74. The molecule has 1 amide bonds. The lowest BCUT2D eigenvalue weighted by Crippen LogP contribution is -2.56. The fourth-order valence-electron chi connectivity index (χ4n) is 4.19. The topological polar surface area (TPSA) is 49.6 Å². The first-order valence-electron chi connectivity index (χ1n) is 9.15. The van der Waals surface area contributed by atoms with Gasteiger partial charge >= 0.3 is 0 Å². The second-order valence-corrected chi connectivity index (χ2v) is 7.98. The van der Waals surface area contributed by atoms with Gasteiger partial charge < -0.3 is 14.2 Å². The van der Waals surface area contributed by atoms with Crippen molar-refractivity contribution >= 4 is 34.8 Å². The fourth-order valence-corrected chi connectivity index (χ4v) is 4.61. The van der Waals surface area contributed by atoms with E-state index in [9.17, 15) is 4.79 Å². The van der Waals surface area contributed by atoms with Gasteiger partial charge in [-0.25, -0.2) is 0 Å². The minimum Gasteiger partial charge on any atom is -0.423 e. The highest BCUT2D eigenvalue weighted by molar-refractivity contribution is 7.98. The van der Waals surface area contributed by atoms with Gasteiger partial charge in [0.2, 0.25) is 5.91 Å². The van der Waals surface area contributed by atoms with Crippen LogP contribution < -0.4 is 4.90 Å². The molecule has 3 heterocycles. The first kappa shape index (κ1) is 16.8. The van der Waals surface area contributed by atoms with E-state index in [0.29, 0.717) is 24.3 Å². The van der Waals surface area contributed by atoms with E-state index in [1.165, 1.54) is 0 Å². The molecular formula is C19H25N3O2S. The number of carbonyl (C=O) groups is 1. The van der Waals surface area contributed by atoms with Crippen molar-refractivity contribution < 1.29 is 9.21 Å². The molecule has 4 rings (SSSR count). The number of likely N-dealkylation sites (tertiary alicyclic amines) is 1. The van der Waals surface area contributed by atoms with Crippen molar-refractivity contribution in [2.24, 2.45) is 5.92 Å². The molecule has 5 nitrogen and oxygen atoms in total. The highest BCUT2D eigenvalue weighted by atomic mass is 32.2. The van der Waals surface area contributed by atoms with Gasteiger partial charge in [-0.15, -0.1) is 0 Å². The number of rotatable bonds is 5. The van der Waals surface area contributed by atoms with Crippen LogP contribution in [0, 0.1) is 5.92 Å². The van der Waals surface area contributed by atoms with Gasteiger partial charge in [-0.2, -0.15) is 16.7 Å². The quantitative estimate of drug-likeness (QED) is 0.766. The molecule has 2 fully saturated rings. The van der Waals surface area contributed by atoms with E-state index in [1.54, 1.807) is 0 Å². The number of thioether (sulfide) groups is 1. The number of para-hydroxylation sites is 2. The molecule has 2 aromatic rings. The lowest BCUT2D eigenvalue weighted by molar-refractivity contribution is -0.139. The van der Waals surface area contributed by atoms with Crippen LogP contribution in [-0.4, -0.2) is 53.5 Å². The Labute approximate surface area is 152 Å². The maximum absolute atomic E-state index is 12.4. The first-order chi connectivity index (χ1) is 12.3. The number of amides is 1. The van der Waals surface area contributed by atoms with E-state index in [1.807, 2.05) is 36.0 Å². The summed E-state index contributed by atoms with van der Waals surface area (Å²) in [5, 5.41) is 0. The molecule has 1 aromatic heterocycles. The molecule has 134 valence electrons. The largest absolute Gasteiger partial charge is 0.423 e. The van der Waals surface area contributed by atoms with Crippen LogP contribution in [-0.2, 0) is 4.79 Å². The summed E-state index contributed by atoms with van der Waals surface area (Å²) in [5.74, 6) is 1.99. The number of anilines is 1. The maximum Gasteiger partial charge on any atom is 0.298 e. The van der Waals surface area contributed by atoms with Gasteiger partial charge in [-0.3, -0.25) is 4.79 Å². The Kier molecular flexibility index (Phi) is 4.88. The number of nitrogens with zero attached hydrogens (tertiary/aromatic N) is 3. The van der Waals surface area contributed by atoms with Gasteiger partial charge in [0.25, 0.3) is 6.01 Å². The van der Waals surface area contributed by atoms with Crippen molar-refractivity contribution in [2.75, 3.05) is 36.5 Å². The average Bonchev–Trinajstić information content (AvgIpc) is 3.07. The van der Waals surface area contributed by atoms with Gasteiger partial charge in [0.05, 0.1) is 0 Å². The number of carbonyl (C=O) groups excluding carboxylic acids is 1. The van der Waals surface area contributed by atoms with Crippen molar-refractivity contribution in [3.63, 3.8) is 0 Å². The zero-order valence-electron chi connectivity index (χ0n) is 14.7. The van der Waals surface area contributed by atoms with E-state index in [-0.39, 0.29) is 0 Å². The van der Waals surface area contributed by atoms with Crippen LogP contribution in [0.5, 0.6) is 0 Å². The Morgan fingerprint density at radius 3 is 3.04 bits per heavy atom. The maximum atomic E-state index is 12.4. The van der Waals surface area contributed by atoms with Crippen molar-refractivity contribution in [3.05, 3.63) is 24.3 Å². The zero-order valence-corrected chi connectivity index (χ0v) is 15.5. The summed E-state index contributed by atoms with van der Waals surface area (Å²) in [4.78, 5) is 21.5. The molecule has 0 bridgehead atoms. The summed E-state index contributed by atoms with van der Waals surface area (Å²) in [6, 6.07) is 9.03. The van der Waals surface area contributed by atoms with E-state index in [4.69, 9.17) is 4.42 Å². The van der Waals surface area contributed by atoms with Gasteiger partial charge in [0, 0.05) is 32.1 Å². The number of aromatic nitrogens is 1. The zero-order chi connectivity index (χ0) is 17.2. The standard InChI is InChI=1S/C19H25N3O2S/c1-25-12-4-10-22-16-9-11-21(13-14(16)7-8-18(22)23)19-20-15-5-2-3-6-17(15)24-19/h2-3,5-6,14,16H,4,7-13H2,1H3/t14-,16+/m0/s1. The molecule has 6 heteroatoms. The average molecular weight is 359 g/mol. The molecule has 0 spiro atoms. The van der Waals surface area contributed by atoms with Crippen molar-refractivity contribution in [1.29, 1.82) is 0 Å². The van der Waals surface area contributed by atoms with Crippen molar-refractivity contribution in [3.8, 4) is 0 Å². The smallest absolute Gasteiger partial charge is 0.298 e. The molecule has 2 aliphatic heterocycles. The van der Waals surface area contributed by atoms with Crippen LogP contribution in [0.1, 0.15) is 25.7 Å². The molecule has 2 aliphatic rings. The molecule has 0 saturated carbocycles. The summed E-state index contributed by atoms with van der Waals surface area (Å²) in [7, 11) is 0. The van der Waals surface area contributed by atoms with E-state index >= 15 is 0 Å². The first-order valence-corrected chi connectivity index (χ1v) is 10.5. The molecule has 0 N–H and O–H groups in total. The summed E-state index contributed by atoms with van der Waals surface area (Å²) in [5.41, 5.74) is 1.76. The number of oxazole rings is 1. The number of benzene rings is 1. The molecule has 2 saturated heterocycles. The van der Waals surface area contributed by atoms with Crippen LogP contribution >= 0.6 is 11.8 Å². The minimum atomic E-state index is 0.345. The van der Waals surface area contributed by atoms with Crippen LogP contribution in [0.2, 0.25) is 0 Å². The monoisotopic (exact) mass is 359 g/mol. The SMILES string of the molecule is CSCCCN1C(=O)CC[C@H]2CN(c3nc4ccccc4o3)CC[C@H]21. The molecule has 0 radical (unpaired) electrons. The summed E-state index contributed by atoms with van der Waals surface area (Å²) < 4.78 is 5.95. The van der Waals surface area contributed by atoms with Crippen LogP contribution in [0.3, 0.4) is 0 Å². The van der Waals surface area contributed by atoms with Gasteiger partial charge in [0.1, 0.15) is 5.52 Å². The Balaban J connectivity index is 1.46. The van der Waals surface area contributed by atoms with E-state index < -0.39 is 0 Å². The third-order valence-corrected chi connectivity index (χ3v) is 6.14. The van der Waals surface area contributed by atoms with E-state index in [2.05, 4.69) is 21.0 Å². The Morgan fingerprint density at radius 1 is 1.32 bits per heavy atom. The highest BCUT2D eigenvalue weighted by Crippen LogP contribution is 2.34. The highest BCUT2D eigenvalue weighted by Gasteiger charge is 2.39. The Morgan fingerprint density at radius 2 is 2.20 bits per heavy atom. The molecule has 25 heavy (non-hydrogen) atoms. The van der Waals surface area contributed by atoms with Crippen molar-refractivity contribution in [2.45, 2.75) is 31.7 Å². The number of fused-ring (bicyclic) bond motifs is 2. The minimum absolute atomic E-state index is 0.345. The van der Waals surface area contributed by atoms with Crippen molar-refractivity contribution in [1.82, 2.24) is 9.88 Å². The molecular weight excluding hydrogens is 334 g/mol. The number of piperidine rings is 2. The molecule has 1 aromatic carbocycles. The normalized spacial score (nSPS) is 24.0. The lowest BCUT2D eigenvalue weighted by Gasteiger charge is -2.46. The third-order valence-electron chi connectivity index (χ3n) is 5.44. The van der Waals surface area contributed by atoms with E-state index in [0.717, 1.165) is 61.8 Å². The second-order valence-electron chi connectivity index (χ2n) is 7.00. The van der Waals surface area contributed by atoms with Crippen LogP contribution in [0.25, 0.3) is 11.1 Å². The Bertz CT molecular complexity index is 714. The van der Waals surface area contributed by atoms with Gasteiger partial charge in [-0.1, -0.05) is 12.1 Å². The predicted molar refractivity (Wildman–Crippen MR) is 102 cm³/mol. The van der Waals surface area contributed by atoms with Gasteiger partial charge in [-0.05, 0) is 49.3 Å². The Hall–Kier alpha value is -1.69. The molecule has 0 unspecified atom stereocenters. The summed E-state index contributed by atoms with van der Waals surface area (Å²) >= 11 is 1.85. The van der Waals surface area contributed by atoms with Crippen LogP contribution in [0.4, 0.5) is 6.01 Å². The lowest BCUT2D eigenvalue weighted by atomic mass is 9.83. The predicted octanol–water partition coefficient (Wildman–Crippen LogP) is 3.40. The fraction of sp³-hybridized carbons (Fsp3) is 0.579. The van der Waals surface area contributed by atoms with Gasteiger partial charge in [0.15, 0.2) is 5.58 Å². The molecule has 2 atom stereocenters. The third kappa shape index (κ3) is 3.36. The number of hydrogen-bond acceptors (Lipinski definition) is 5.